The fourth-order valence-corrected chi connectivity index (χ4v) is 8.82. The van der Waals surface area contributed by atoms with Crippen molar-refractivity contribution < 1.29 is 0 Å². The van der Waals surface area contributed by atoms with Crippen molar-refractivity contribution >= 4 is 32.3 Å². The van der Waals surface area contributed by atoms with E-state index in [-0.39, 0.29) is 5.41 Å². The summed E-state index contributed by atoms with van der Waals surface area (Å²) >= 11 is 0. The number of benzene rings is 9. The Hall–Kier alpha value is -6.24. The van der Waals surface area contributed by atoms with E-state index in [1.54, 1.807) is 0 Å². The zero-order chi connectivity index (χ0) is 34.1. The Labute approximate surface area is 299 Å². The summed E-state index contributed by atoms with van der Waals surface area (Å²) in [5, 5.41) is 7.72. The maximum atomic E-state index is 2.43. The average Bonchev–Trinajstić information content (AvgIpc) is 3.43. The summed E-state index contributed by atoms with van der Waals surface area (Å²) in [5.41, 5.74) is 15.5. The molecule has 0 heteroatoms. The predicted molar refractivity (Wildman–Crippen MR) is 218 cm³/mol. The van der Waals surface area contributed by atoms with Gasteiger partial charge >= 0.3 is 0 Å². The second-order valence-electron chi connectivity index (χ2n) is 14.4. The molecule has 51 heavy (non-hydrogen) atoms. The van der Waals surface area contributed by atoms with E-state index in [1.165, 1.54) is 99.1 Å². The molecule has 1 aliphatic carbocycles. The smallest absolute Gasteiger partial charge is 0.0159 e. The van der Waals surface area contributed by atoms with Crippen LogP contribution in [0.25, 0.3) is 88.0 Å². The molecule has 0 aromatic heterocycles. The first kappa shape index (κ1) is 29.7. The minimum Gasteiger partial charge on any atom is -0.0622 e. The first-order valence-electron chi connectivity index (χ1n) is 17.9. The van der Waals surface area contributed by atoms with Crippen LogP contribution in [0, 0.1) is 0 Å². The number of hydrogen-bond acceptors (Lipinski definition) is 0. The average molecular weight is 649 g/mol. The molecule has 0 heterocycles. The van der Waals surface area contributed by atoms with Gasteiger partial charge in [0.1, 0.15) is 0 Å². The second-order valence-corrected chi connectivity index (χ2v) is 14.4. The van der Waals surface area contributed by atoms with Crippen LogP contribution in [0.2, 0.25) is 0 Å². The lowest BCUT2D eigenvalue weighted by molar-refractivity contribution is 0.661. The molecule has 0 spiro atoms. The van der Waals surface area contributed by atoms with Gasteiger partial charge in [-0.15, -0.1) is 0 Å². The van der Waals surface area contributed by atoms with Crippen LogP contribution in [0.1, 0.15) is 25.0 Å². The molecule has 0 radical (unpaired) electrons. The summed E-state index contributed by atoms with van der Waals surface area (Å²) in [6.45, 7) is 4.74. The summed E-state index contributed by atoms with van der Waals surface area (Å²) < 4.78 is 0. The van der Waals surface area contributed by atoms with Gasteiger partial charge in [-0.3, -0.25) is 0 Å². The van der Waals surface area contributed by atoms with E-state index in [4.69, 9.17) is 0 Å². The third-order valence-corrected chi connectivity index (χ3v) is 11.3. The maximum absolute atomic E-state index is 2.43. The molecule has 0 nitrogen and oxygen atoms in total. The lowest BCUT2D eigenvalue weighted by atomic mass is 9.81. The van der Waals surface area contributed by atoms with Crippen molar-refractivity contribution in [3.63, 3.8) is 0 Å². The highest BCUT2D eigenvalue weighted by atomic mass is 14.4. The monoisotopic (exact) mass is 648 g/mol. The van der Waals surface area contributed by atoms with E-state index in [2.05, 4.69) is 196 Å². The lowest BCUT2D eigenvalue weighted by Gasteiger charge is -2.22. The SMILES string of the molecule is CC1(C)c2cc(-c3ccc(-c4c5ccccc5c(-c5ccccc5-c5ccccc5)c5ccccc45)cc3)ccc2-c2c1ccc1ccccc21. The lowest BCUT2D eigenvalue weighted by Crippen LogP contribution is -2.15. The normalized spacial score (nSPS) is 13.1. The van der Waals surface area contributed by atoms with Gasteiger partial charge in [0.2, 0.25) is 0 Å². The van der Waals surface area contributed by atoms with E-state index in [0.29, 0.717) is 0 Å². The molecule has 0 bridgehead atoms. The topological polar surface area (TPSA) is 0 Å². The van der Waals surface area contributed by atoms with Crippen molar-refractivity contribution in [3.05, 3.63) is 193 Å². The largest absolute Gasteiger partial charge is 0.0622 e. The van der Waals surface area contributed by atoms with Crippen molar-refractivity contribution in [3.8, 4) is 55.6 Å². The molecule has 9 aromatic carbocycles. The molecule has 0 fully saturated rings. The van der Waals surface area contributed by atoms with Crippen LogP contribution in [0.3, 0.4) is 0 Å². The van der Waals surface area contributed by atoms with Gasteiger partial charge in [-0.1, -0.05) is 190 Å². The highest BCUT2D eigenvalue weighted by Crippen LogP contribution is 2.52. The molecular formula is C51H36. The Balaban J connectivity index is 1.11. The fraction of sp³-hybridized carbons (Fsp3) is 0.0588. The third kappa shape index (κ3) is 4.53. The van der Waals surface area contributed by atoms with Crippen molar-refractivity contribution in [2.24, 2.45) is 0 Å². The van der Waals surface area contributed by atoms with E-state index < -0.39 is 0 Å². The molecule has 240 valence electrons. The predicted octanol–water partition coefficient (Wildman–Crippen LogP) is 14.1. The van der Waals surface area contributed by atoms with Gasteiger partial charge in [0, 0.05) is 5.41 Å². The van der Waals surface area contributed by atoms with Gasteiger partial charge in [-0.05, 0) is 105 Å². The highest BCUT2D eigenvalue weighted by Gasteiger charge is 2.36. The Bertz CT molecular complexity index is 2740. The summed E-state index contributed by atoms with van der Waals surface area (Å²) in [6.07, 6.45) is 0. The molecule has 0 unspecified atom stereocenters. The summed E-state index contributed by atoms with van der Waals surface area (Å²) in [4.78, 5) is 0. The molecule has 0 aliphatic heterocycles. The minimum absolute atomic E-state index is 0.0661. The van der Waals surface area contributed by atoms with Crippen molar-refractivity contribution in [2.45, 2.75) is 19.3 Å². The van der Waals surface area contributed by atoms with Gasteiger partial charge in [-0.2, -0.15) is 0 Å². The zero-order valence-corrected chi connectivity index (χ0v) is 28.8. The molecule has 10 rings (SSSR count). The van der Waals surface area contributed by atoms with E-state index in [1.807, 2.05) is 0 Å². The molecule has 0 N–H and O–H groups in total. The van der Waals surface area contributed by atoms with E-state index in [9.17, 15) is 0 Å². The molecule has 0 atom stereocenters. The summed E-state index contributed by atoms with van der Waals surface area (Å²) in [5.74, 6) is 0. The van der Waals surface area contributed by atoms with Gasteiger partial charge in [-0.25, -0.2) is 0 Å². The second kappa shape index (κ2) is 11.4. The third-order valence-electron chi connectivity index (χ3n) is 11.3. The molecular weight excluding hydrogens is 613 g/mol. The molecule has 9 aromatic rings. The van der Waals surface area contributed by atoms with E-state index in [0.717, 1.165) is 0 Å². The molecule has 0 saturated carbocycles. The number of hydrogen-bond donors (Lipinski definition) is 0. The fourth-order valence-electron chi connectivity index (χ4n) is 8.82. The van der Waals surface area contributed by atoms with Gasteiger partial charge in [0.15, 0.2) is 0 Å². The van der Waals surface area contributed by atoms with E-state index >= 15 is 0 Å². The van der Waals surface area contributed by atoms with Crippen molar-refractivity contribution in [2.75, 3.05) is 0 Å². The van der Waals surface area contributed by atoms with Crippen molar-refractivity contribution in [1.29, 1.82) is 0 Å². The highest BCUT2D eigenvalue weighted by molar-refractivity contribution is 6.22. The van der Waals surface area contributed by atoms with Gasteiger partial charge in [0.25, 0.3) is 0 Å². The van der Waals surface area contributed by atoms with Crippen LogP contribution in [0.15, 0.2) is 182 Å². The van der Waals surface area contributed by atoms with Crippen LogP contribution in [0.5, 0.6) is 0 Å². The standard InChI is InChI=1S/C51H36/c1-51(2)46-31-29-35-16-6-7-18-39(35)50(46)45-30-28-37(32-47(45)51)33-24-26-36(27-25-33)48-41-20-10-12-22-43(41)49(44-23-13-11-21-42(44)48)40-19-9-8-17-38(40)34-14-4-3-5-15-34/h3-32H,1-2H3. The Morgan fingerprint density at radius 2 is 0.824 bits per heavy atom. The Morgan fingerprint density at radius 3 is 1.51 bits per heavy atom. The molecule has 1 aliphatic rings. The summed E-state index contributed by atoms with van der Waals surface area (Å²) in [6, 6.07) is 67.3. The molecule has 0 amide bonds. The zero-order valence-electron chi connectivity index (χ0n) is 28.8. The molecule has 0 saturated heterocycles. The van der Waals surface area contributed by atoms with Gasteiger partial charge < -0.3 is 0 Å². The van der Waals surface area contributed by atoms with Crippen LogP contribution >= 0.6 is 0 Å². The quantitative estimate of drug-likeness (QED) is 0.167. The maximum Gasteiger partial charge on any atom is 0.0159 e. The van der Waals surface area contributed by atoms with Crippen LogP contribution in [-0.2, 0) is 5.41 Å². The Kier molecular flexibility index (Phi) is 6.63. The minimum atomic E-state index is -0.0661. The first-order valence-corrected chi connectivity index (χ1v) is 17.9. The first-order chi connectivity index (χ1) is 25.1. The van der Waals surface area contributed by atoms with Crippen LogP contribution in [-0.4, -0.2) is 0 Å². The van der Waals surface area contributed by atoms with Crippen LogP contribution < -0.4 is 0 Å². The van der Waals surface area contributed by atoms with Crippen molar-refractivity contribution in [1.82, 2.24) is 0 Å². The van der Waals surface area contributed by atoms with Crippen LogP contribution in [0.4, 0.5) is 0 Å². The number of rotatable bonds is 4. The van der Waals surface area contributed by atoms with Gasteiger partial charge in [0.05, 0.1) is 0 Å². The number of fused-ring (bicyclic) bond motifs is 7. The Morgan fingerprint density at radius 1 is 0.294 bits per heavy atom. The summed E-state index contributed by atoms with van der Waals surface area (Å²) in [7, 11) is 0.